The quantitative estimate of drug-likeness (QED) is 0.353. The van der Waals surface area contributed by atoms with Crippen LogP contribution >= 0.6 is 0 Å². The molecule has 85 valence electrons. The summed E-state index contributed by atoms with van der Waals surface area (Å²) in [5.74, 6) is 0.0618. The molecule has 1 aromatic rings. The number of anilines is 1. The van der Waals surface area contributed by atoms with Crippen molar-refractivity contribution in [3.05, 3.63) is 43.7 Å². The van der Waals surface area contributed by atoms with Crippen LogP contribution in [0.2, 0.25) is 0 Å². The van der Waals surface area contributed by atoms with Crippen molar-refractivity contribution in [1.82, 2.24) is 0 Å². The van der Waals surface area contributed by atoms with Gasteiger partial charge in [0.15, 0.2) is 0 Å². The minimum absolute atomic E-state index is 0. The third-order valence-corrected chi connectivity index (χ3v) is 1.18. The molecule has 1 radical (unpaired) electrons. The van der Waals surface area contributed by atoms with Gasteiger partial charge in [-0.25, -0.2) is 0 Å². The molecule has 0 saturated carbocycles. The molecule has 1 rings (SSSR count). The molecule has 0 unspecified atom stereocenters. The van der Waals surface area contributed by atoms with E-state index in [2.05, 4.69) is 20.0 Å². The standard InChI is InChI=1S/C7H8NO.3CO.Mn/c1-5(9)6-2-3-7(8)4-6;3*1-2;/h2-4H,8H2,1H3;;;;/q-1;;;;. The maximum Gasteiger partial charge on any atom is 0 e. The molecule has 5 nitrogen and oxygen atoms in total. The zero-order chi connectivity index (χ0) is 12.9. The number of carbonyl (C=O) groups excluding carboxylic acids is 1. The molecule has 0 spiro atoms. The van der Waals surface area contributed by atoms with Crippen molar-refractivity contribution < 1.29 is 35.8 Å². The summed E-state index contributed by atoms with van der Waals surface area (Å²) in [7, 11) is 0. The van der Waals surface area contributed by atoms with E-state index in [9.17, 15) is 4.79 Å². The van der Waals surface area contributed by atoms with Crippen LogP contribution < -0.4 is 5.73 Å². The zero-order valence-electron chi connectivity index (χ0n) is 8.32. The van der Waals surface area contributed by atoms with Crippen molar-refractivity contribution in [2.24, 2.45) is 0 Å². The van der Waals surface area contributed by atoms with Crippen molar-refractivity contribution in [1.29, 1.82) is 0 Å². The van der Waals surface area contributed by atoms with Gasteiger partial charge in [0.1, 0.15) is 5.78 Å². The number of carbonyl (C=O) groups is 1. The van der Waals surface area contributed by atoms with Crippen LogP contribution in [0.5, 0.6) is 0 Å². The molecular weight excluding hydrogens is 253 g/mol. The van der Waals surface area contributed by atoms with Gasteiger partial charge in [-0.05, 0) is 6.92 Å². The fraction of sp³-hybridized carbons (Fsp3) is 0.100. The van der Waals surface area contributed by atoms with Crippen LogP contribution in [0.15, 0.2) is 18.2 Å². The van der Waals surface area contributed by atoms with Crippen LogP contribution in [0.25, 0.3) is 0 Å². The molecule has 0 fully saturated rings. The summed E-state index contributed by atoms with van der Waals surface area (Å²) in [6.45, 7) is 15.0. The monoisotopic (exact) mass is 261 g/mol. The maximum absolute atomic E-state index is 10.6. The third-order valence-electron chi connectivity index (χ3n) is 1.18. The van der Waals surface area contributed by atoms with E-state index < -0.39 is 0 Å². The number of rotatable bonds is 1. The second-order valence-corrected chi connectivity index (χ2v) is 1.99. The molecule has 2 N–H and O–H groups in total. The summed E-state index contributed by atoms with van der Waals surface area (Å²) >= 11 is 0. The molecule has 0 aromatic heterocycles. The van der Waals surface area contributed by atoms with Gasteiger partial charge in [0.2, 0.25) is 0 Å². The Hall–Kier alpha value is -1.44. The van der Waals surface area contributed by atoms with Gasteiger partial charge in [-0.3, -0.25) is 0 Å². The van der Waals surface area contributed by atoms with E-state index >= 15 is 0 Å². The number of hydrogen-bond donors (Lipinski definition) is 1. The second kappa shape index (κ2) is 19.2. The van der Waals surface area contributed by atoms with Gasteiger partial charge in [-0.1, -0.05) is 5.56 Å². The van der Waals surface area contributed by atoms with Crippen molar-refractivity contribution in [3.63, 3.8) is 0 Å². The van der Waals surface area contributed by atoms with Gasteiger partial charge >= 0.3 is 33.9 Å². The van der Waals surface area contributed by atoms with Crippen LogP contribution in [-0.2, 0) is 31.0 Å². The van der Waals surface area contributed by atoms with E-state index in [-0.39, 0.29) is 22.9 Å². The Morgan fingerprint density at radius 3 is 1.75 bits per heavy atom. The Labute approximate surface area is 104 Å². The average Bonchev–Trinajstić information content (AvgIpc) is 2.74. The molecule has 0 bridgehead atoms. The Kier molecular flexibility index (Phi) is 28.8. The maximum atomic E-state index is 10.6. The smallest absolute Gasteiger partial charge is 0 e. The fourth-order valence-electron chi connectivity index (χ4n) is 0.681. The number of Topliss-reactive ketones (excluding diaryl/α,β-unsaturated/α-hetero) is 1. The minimum atomic E-state index is 0. The predicted molar refractivity (Wildman–Crippen MR) is 48.2 cm³/mol. The van der Waals surface area contributed by atoms with Gasteiger partial charge in [0.25, 0.3) is 0 Å². The number of hydrogen-bond acceptors (Lipinski definition) is 2. The van der Waals surface area contributed by atoms with Crippen molar-refractivity contribution in [2.75, 3.05) is 5.73 Å². The van der Waals surface area contributed by atoms with E-state index in [4.69, 9.17) is 19.7 Å². The topological polar surface area (TPSA) is 103 Å². The molecular formula is C10H8MnNO4-. The molecule has 0 aliphatic rings. The van der Waals surface area contributed by atoms with Crippen LogP contribution in [0.3, 0.4) is 0 Å². The Balaban J connectivity index is -0.0000000900. The minimum Gasteiger partial charge on any atom is 0 e. The van der Waals surface area contributed by atoms with Crippen molar-refractivity contribution >= 4 is 11.5 Å². The first kappa shape index (κ1) is 24.0. The Bertz CT molecular complexity index is 324. The SMILES string of the molecule is CC(=O)[c-]1ccc(N)c1.[C-]#[O+].[C-]#[O+].[C-]#[O+].[Mn]. The van der Waals surface area contributed by atoms with Gasteiger partial charge in [0.05, 0.1) is 0 Å². The molecule has 0 atom stereocenters. The second-order valence-electron chi connectivity index (χ2n) is 1.99. The third kappa shape index (κ3) is 12.6. The van der Waals surface area contributed by atoms with E-state index in [1.54, 1.807) is 18.2 Å². The Morgan fingerprint density at radius 1 is 1.25 bits per heavy atom. The van der Waals surface area contributed by atoms with Crippen LogP contribution in [0.1, 0.15) is 17.3 Å². The number of nitrogen functional groups attached to an aromatic ring is 1. The normalized spacial score (nSPS) is 5.69. The predicted octanol–water partition coefficient (Wildman–Crippen LogP) is 1.08. The number of ketones is 1. The van der Waals surface area contributed by atoms with E-state index in [1.165, 1.54) is 6.92 Å². The summed E-state index contributed by atoms with van der Waals surface area (Å²) in [4.78, 5) is 10.6. The molecule has 0 saturated heterocycles. The van der Waals surface area contributed by atoms with E-state index in [1.807, 2.05) is 0 Å². The first-order valence-electron chi connectivity index (χ1n) is 3.34. The summed E-state index contributed by atoms with van der Waals surface area (Å²) < 4.78 is 22.5. The Morgan fingerprint density at radius 2 is 1.62 bits per heavy atom. The fourth-order valence-corrected chi connectivity index (χ4v) is 0.681. The molecule has 0 amide bonds. The summed E-state index contributed by atoms with van der Waals surface area (Å²) in [6.07, 6.45) is 0. The van der Waals surface area contributed by atoms with E-state index in [0.717, 1.165) is 0 Å². The van der Waals surface area contributed by atoms with Gasteiger partial charge in [-0.2, -0.15) is 18.2 Å². The van der Waals surface area contributed by atoms with Gasteiger partial charge in [0, 0.05) is 17.1 Å². The molecule has 6 heteroatoms. The largest absolute Gasteiger partial charge is 0 e. The van der Waals surface area contributed by atoms with Crippen molar-refractivity contribution in [3.8, 4) is 0 Å². The summed E-state index contributed by atoms with van der Waals surface area (Å²) in [5.41, 5.74) is 6.70. The van der Waals surface area contributed by atoms with Crippen LogP contribution in [0, 0.1) is 20.0 Å². The van der Waals surface area contributed by atoms with Crippen molar-refractivity contribution in [2.45, 2.75) is 6.92 Å². The molecule has 16 heavy (non-hydrogen) atoms. The number of nitrogens with two attached hydrogens (primary N) is 1. The van der Waals surface area contributed by atoms with E-state index in [0.29, 0.717) is 11.3 Å². The molecule has 1 aromatic carbocycles. The molecule has 0 heterocycles. The van der Waals surface area contributed by atoms with Gasteiger partial charge < -0.3 is 10.5 Å². The molecule has 0 aliphatic heterocycles. The molecule has 0 aliphatic carbocycles. The van der Waals surface area contributed by atoms with Crippen LogP contribution in [0.4, 0.5) is 5.69 Å². The first-order chi connectivity index (χ1) is 7.20. The summed E-state index contributed by atoms with van der Waals surface area (Å²) in [5, 5.41) is 0. The van der Waals surface area contributed by atoms with Gasteiger partial charge in [-0.15, -0.1) is 5.69 Å². The summed E-state index contributed by atoms with van der Waals surface area (Å²) in [6, 6.07) is 5.11. The average molecular weight is 261 g/mol. The zero-order valence-corrected chi connectivity index (χ0v) is 9.50. The van der Waals surface area contributed by atoms with Crippen LogP contribution in [-0.4, -0.2) is 5.78 Å². The first-order valence-corrected chi connectivity index (χ1v) is 3.34.